The van der Waals surface area contributed by atoms with Crippen molar-refractivity contribution in [2.75, 3.05) is 19.7 Å². The van der Waals surface area contributed by atoms with E-state index in [2.05, 4.69) is 10.1 Å². The first-order valence-corrected chi connectivity index (χ1v) is 5.06. The van der Waals surface area contributed by atoms with E-state index in [1.165, 1.54) is 0 Å². The summed E-state index contributed by atoms with van der Waals surface area (Å²) in [6, 6.07) is 0. The molecule has 0 rings (SSSR count). The highest BCUT2D eigenvalue weighted by atomic mass is 16.5. The van der Waals surface area contributed by atoms with E-state index < -0.39 is 6.09 Å². The van der Waals surface area contributed by atoms with Gasteiger partial charge in [-0.25, -0.2) is 4.79 Å². The number of amides is 2. The molecule has 6 heteroatoms. The third-order valence-electron chi connectivity index (χ3n) is 1.78. The molecule has 0 aliphatic carbocycles. The van der Waals surface area contributed by atoms with Crippen molar-refractivity contribution in [1.82, 2.24) is 5.32 Å². The van der Waals surface area contributed by atoms with Crippen molar-refractivity contribution in [2.24, 2.45) is 11.5 Å². The molecular weight excluding hydrogens is 198 g/mol. The first-order valence-electron chi connectivity index (χ1n) is 5.06. The van der Waals surface area contributed by atoms with Crippen LogP contribution >= 0.6 is 0 Å². The molecule has 0 aromatic carbocycles. The molecule has 88 valence electrons. The highest BCUT2D eigenvalue weighted by Gasteiger charge is 2.00. The van der Waals surface area contributed by atoms with Gasteiger partial charge in [0.25, 0.3) is 0 Å². The predicted molar refractivity (Wildman–Crippen MR) is 56.1 cm³/mol. The summed E-state index contributed by atoms with van der Waals surface area (Å²) >= 11 is 0. The van der Waals surface area contributed by atoms with Gasteiger partial charge in [-0.15, -0.1) is 0 Å². The molecular formula is C9H19N3O3. The number of nitrogens with two attached hydrogens (primary N) is 2. The molecule has 0 aliphatic heterocycles. The highest BCUT2D eigenvalue weighted by molar-refractivity contribution is 5.75. The van der Waals surface area contributed by atoms with Crippen molar-refractivity contribution < 1.29 is 14.3 Å². The van der Waals surface area contributed by atoms with Crippen LogP contribution in [0.4, 0.5) is 4.79 Å². The summed E-state index contributed by atoms with van der Waals surface area (Å²) in [5.74, 6) is -0.0416. The fourth-order valence-corrected chi connectivity index (χ4v) is 1.04. The lowest BCUT2D eigenvalue weighted by molar-refractivity contribution is -0.121. The van der Waals surface area contributed by atoms with E-state index >= 15 is 0 Å². The molecule has 5 N–H and O–H groups in total. The first kappa shape index (κ1) is 13.7. The van der Waals surface area contributed by atoms with Gasteiger partial charge in [-0.2, -0.15) is 0 Å². The summed E-state index contributed by atoms with van der Waals surface area (Å²) < 4.78 is 4.44. The molecule has 15 heavy (non-hydrogen) atoms. The minimum Gasteiger partial charge on any atom is -0.448 e. The molecule has 0 saturated carbocycles. The minimum absolute atomic E-state index is 0.0416. The molecule has 0 aromatic rings. The minimum atomic E-state index is -0.827. The number of unbranched alkanes of at least 4 members (excludes halogenated alkanes) is 2. The zero-order valence-corrected chi connectivity index (χ0v) is 8.83. The van der Waals surface area contributed by atoms with Crippen molar-refractivity contribution in [3.05, 3.63) is 0 Å². The van der Waals surface area contributed by atoms with E-state index in [4.69, 9.17) is 11.5 Å². The van der Waals surface area contributed by atoms with Gasteiger partial charge in [0, 0.05) is 6.42 Å². The van der Waals surface area contributed by atoms with Gasteiger partial charge in [0.15, 0.2) is 0 Å². The lowest BCUT2D eigenvalue weighted by atomic mass is 10.2. The third kappa shape index (κ3) is 10.6. The predicted octanol–water partition coefficient (Wildman–Crippen LogP) is -0.283. The normalized spacial score (nSPS) is 9.67. The lowest BCUT2D eigenvalue weighted by Crippen LogP contribution is -2.28. The average molecular weight is 217 g/mol. The summed E-state index contributed by atoms with van der Waals surface area (Å²) in [6.07, 6.45) is 2.39. The van der Waals surface area contributed by atoms with E-state index in [-0.39, 0.29) is 12.5 Å². The lowest BCUT2D eigenvalue weighted by Gasteiger charge is -2.04. The topological polar surface area (TPSA) is 107 Å². The number of rotatable bonds is 8. The van der Waals surface area contributed by atoms with Crippen molar-refractivity contribution in [2.45, 2.75) is 25.7 Å². The fourth-order valence-electron chi connectivity index (χ4n) is 1.04. The first-order chi connectivity index (χ1) is 7.16. The van der Waals surface area contributed by atoms with Crippen molar-refractivity contribution in [3.63, 3.8) is 0 Å². The second-order valence-corrected chi connectivity index (χ2v) is 3.12. The van der Waals surface area contributed by atoms with Crippen LogP contribution in [0, 0.1) is 0 Å². The van der Waals surface area contributed by atoms with Crippen LogP contribution in [0.25, 0.3) is 0 Å². The standard InChI is InChI=1S/C9H19N3O3/c10-5-3-1-2-4-8(13)12-6-7-15-9(11)14/h1-7,10H2,(H2,11,14)(H,12,13). The molecule has 0 aromatic heterocycles. The smallest absolute Gasteiger partial charge is 0.404 e. The van der Waals surface area contributed by atoms with Crippen LogP contribution in [-0.2, 0) is 9.53 Å². The summed E-state index contributed by atoms with van der Waals surface area (Å²) in [6.45, 7) is 1.08. The quantitative estimate of drug-likeness (QED) is 0.486. The Morgan fingerprint density at radius 3 is 2.53 bits per heavy atom. The summed E-state index contributed by atoms with van der Waals surface area (Å²) in [5, 5.41) is 2.61. The second kappa shape index (κ2) is 9.26. The van der Waals surface area contributed by atoms with Gasteiger partial charge in [-0.05, 0) is 19.4 Å². The Kier molecular flexibility index (Phi) is 8.46. The maximum atomic E-state index is 11.1. The Labute approximate surface area is 89.3 Å². The Morgan fingerprint density at radius 2 is 1.93 bits per heavy atom. The second-order valence-electron chi connectivity index (χ2n) is 3.12. The van der Waals surface area contributed by atoms with E-state index in [1.807, 2.05) is 0 Å². The van der Waals surface area contributed by atoms with Crippen LogP contribution in [0.1, 0.15) is 25.7 Å². The van der Waals surface area contributed by atoms with Crippen LogP contribution in [0.15, 0.2) is 0 Å². The van der Waals surface area contributed by atoms with E-state index in [9.17, 15) is 9.59 Å². The molecule has 0 unspecified atom stereocenters. The SMILES string of the molecule is NCCCCCC(=O)NCCOC(N)=O. The van der Waals surface area contributed by atoms with Crippen LogP contribution < -0.4 is 16.8 Å². The number of carbonyl (C=O) groups is 2. The number of hydrogen-bond donors (Lipinski definition) is 3. The van der Waals surface area contributed by atoms with E-state index in [1.54, 1.807) is 0 Å². The maximum absolute atomic E-state index is 11.1. The largest absolute Gasteiger partial charge is 0.448 e. The van der Waals surface area contributed by atoms with Gasteiger partial charge in [-0.3, -0.25) is 4.79 Å². The van der Waals surface area contributed by atoms with Crippen molar-refractivity contribution in [3.8, 4) is 0 Å². The molecule has 0 fully saturated rings. The summed E-state index contributed by atoms with van der Waals surface area (Å²) in [5.41, 5.74) is 10.0. The zero-order valence-electron chi connectivity index (χ0n) is 8.83. The van der Waals surface area contributed by atoms with Crippen molar-refractivity contribution >= 4 is 12.0 Å². The molecule has 0 saturated heterocycles. The number of ether oxygens (including phenoxy) is 1. The third-order valence-corrected chi connectivity index (χ3v) is 1.78. The highest BCUT2D eigenvalue weighted by Crippen LogP contribution is 1.97. The molecule has 0 spiro atoms. The molecule has 6 nitrogen and oxygen atoms in total. The van der Waals surface area contributed by atoms with E-state index in [0.29, 0.717) is 19.5 Å². The monoisotopic (exact) mass is 217 g/mol. The Balaban J connectivity index is 3.22. The Morgan fingerprint density at radius 1 is 1.20 bits per heavy atom. The maximum Gasteiger partial charge on any atom is 0.404 e. The van der Waals surface area contributed by atoms with Crippen LogP contribution in [0.2, 0.25) is 0 Å². The van der Waals surface area contributed by atoms with Crippen LogP contribution in [0.3, 0.4) is 0 Å². The summed E-state index contributed by atoms with van der Waals surface area (Å²) in [7, 11) is 0. The van der Waals surface area contributed by atoms with Gasteiger partial charge in [0.05, 0.1) is 6.54 Å². The number of nitrogens with one attached hydrogen (secondary N) is 1. The van der Waals surface area contributed by atoms with Crippen LogP contribution in [0.5, 0.6) is 0 Å². The number of primary amides is 1. The van der Waals surface area contributed by atoms with Gasteiger partial charge in [0.2, 0.25) is 5.91 Å². The zero-order chi connectivity index (χ0) is 11.5. The summed E-state index contributed by atoms with van der Waals surface area (Å²) in [4.78, 5) is 21.3. The van der Waals surface area contributed by atoms with Gasteiger partial charge >= 0.3 is 6.09 Å². The Bertz CT molecular complexity index is 197. The van der Waals surface area contributed by atoms with Gasteiger partial charge in [0.1, 0.15) is 6.61 Å². The molecule has 0 heterocycles. The van der Waals surface area contributed by atoms with Gasteiger partial charge in [-0.1, -0.05) is 6.42 Å². The van der Waals surface area contributed by atoms with Crippen molar-refractivity contribution in [1.29, 1.82) is 0 Å². The molecule has 0 aliphatic rings. The molecule has 2 amide bonds. The molecule has 0 radical (unpaired) electrons. The molecule has 0 bridgehead atoms. The number of hydrogen-bond acceptors (Lipinski definition) is 4. The fraction of sp³-hybridized carbons (Fsp3) is 0.778. The van der Waals surface area contributed by atoms with Gasteiger partial charge < -0.3 is 21.5 Å². The number of carbonyl (C=O) groups excluding carboxylic acids is 2. The van der Waals surface area contributed by atoms with E-state index in [0.717, 1.165) is 19.3 Å². The average Bonchev–Trinajstić information content (AvgIpc) is 2.19. The molecule has 0 atom stereocenters. The Hall–Kier alpha value is -1.30. The van der Waals surface area contributed by atoms with Crippen LogP contribution in [-0.4, -0.2) is 31.7 Å².